The number of aryl methyl sites for hydroxylation is 3. The van der Waals surface area contributed by atoms with E-state index >= 15 is 0 Å². The van der Waals surface area contributed by atoms with Gasteiger partial charge in [0.1, 0.15) is 5.82 Å². The minimum atomic E-state index is -0.318. The van der Waals surface area contributed by atoms with E-state index in [0.717, 1.165) is 39.5 Å². The number of nitrogens with one attached hydrogen (secondary N) is 1. The van der Waals surface area contributed by atoms with Crippen molar-refractivity contribution in [2.45, 2.75) is 34.1 Å². The van der Waals surface area contributed by atoms with Crippen molar-refractivity contribution in [2.75, 3.05) is 18.9 Å². The van der Waals surface area contributed by atoms with E-state index in [1.54, 1.807) is 23.9 Å². The number of benzene rings is 2. The molecule has 1 heterocycles. The number of rotatable bonds is 6. The standard InChI is InChI=1S/C24H27FN4O2/c1-15-7-6-8-16(2)24(15)26-22(30)14-28(5)23(31)13-21-17(3)27-29(18(21)4)20-11-9-19(25)10-12-20/h6-12H,13-14H2,1-5H3,(H,26,30). The molecule has 0 fully saturated rings. The first kappa shape index (κ1) is 22.2. The molecule has 0 bridgehead atoms. The first-order valence-electron chi connectivity index (χ1n) is 10.1. The molecular formula is C24H27FN4O2. The van der Waals surface area contributed by atoms with Crippen molar-refractivity contribution < 1.29 is 14.0 Å². The van der Waals surface area contributed by atoms with Crippen molar-refractivity contribution in [1.82, 2.24) is 14.7 Å². The number of carbonyl (C=O) groups is 2. The highest BCUT2D eigenvalue weighted by Crippen LogP contribution is 2.21. The number of amides is 2. The van der Waals surface area contributed by atoms with Crippen LogP contribution in [0.4, 0.5) is 10.1 Å². The topological polar surface area (TPSA) is 67.2 Å². The lowest BCUT2D eigenvalue weighted by Crippen LogP contribution is -2.36. The number of carbonyl (C=O) groups excluding carboxylic acids is 2. The molecule has 0 aliphatic rings. The van der Waals surface area contributed by atoms with Crippen LogP contribution in [0.15, 0.2) is 42.5 Å². The summed E-state index contributed by atoms with van der Waals surface area (Å²) in [6.07, 6.45) is 0.131. The predicted molar refractivity (Wildman–Crippen MR) is 119 cm³/mol. The largest absolute Gasteiger partial charge is 0.336 e. The van der Waals surface area contributed by atoms with E-state index in [2.05, 4.69) is 10.4 Å². The fourth-order valence-electron chi connectivity index (χ4n) is 3.54. The Kier molecular flexibility index (Phi) is 6.53. The lowest BCUT2D eigenvalue weighted by atomic mass is 10.1. The van der Waals surface area contributed by atoms with Gasteiger partial charge in [-0.3, -0.25) is 9.59 Å². The lowest BCUT2D eigenvalue weighted by molar-refractivity contribution is -0.132. The zero-order valence-electron chi connectivity index (χ0n) is 18.5. The van der Waals surface area contributed by atoms with Crippen molar-refractivity contribution >= 4 is 17.5 Å². The monoisotopic (exact) mass is 422 g/mol. The van der Waals surface area contributed by atoms with Crippen LogP contribution in [0.5, 0.6) is 0 Å². The van der Waals surface area contributed by atoms with E-state index in [9.17, 15) is 14.0 Å². The van der Waals surface area contributed by atoms with E-state index in [1.807, 2.05) is 45.9 Å². The fraction of sp³-hybridized carbons (Fsp3) is 0.292. The minimum absolute atomic E-state index is 0.0448. The van der Waals surface area contributed by atoms with Crippen molar-refractivity contribution in [1.29, 1.82) is 0 Å². The van der Waals surface area contributed by atoms with Gasteiger partial charge in [-0.25, -0.2) is 9.07 Å². The molecule has 3 rings (SSSR count). The molecular weight excluding hydrogens is 395 g/mol. The average molecular weight is 423 g/mol. The average Bonchev–Trinajstić information content (AvgIpc) is 2.99. The molecule has 0 radical (unpaired) electrons. The van der Waals surface area contributed by atoms with Gasteiger partial charge < -0.3 is 10.2 Å². The van der Waals surface area contributed by atoms with Gasteiger partial charge in [0.2, 0.25) is 11.8 Å². The van der Waals surface area contributed by atoms with E-state index in [0.29, 0.717) is 0 Å². The summed E-state index contributed by atoms with van der Waals surface area (Å²) in [7, 11) is 1.61. The molecule has 0 aliphatic carbocycles. The zero-order chi connectivity index (χ0) is 22.7. The van der Waals surface area contributed by atoms with Gasteiger partial charge in [-0.15, -0.1) is 0 Å². The van der Waals surface area contributed by atoms with Crippen LogP contribution in [0.3, 0.4) is 0 Å². The highest BCUT2D eigenvalue weighted by Gasteiger charge is 2.20. The Hall–Kier alpha value is -3.48. The maximum Gasteiger partial charge on any atom is 0.243 e. The normalized spacial score (nSPS) is 10.8. The highest BCUT2D eigenvalue weighted by atomic mass is 19.1. The molecule has 3 aromatic rings. The van der Waals surface area contributed by atoms with Crippen molar-refractivity contribution in [3.05, 3.63) is 76.4 Å². The molecule has 7 heteroatoms. The molecule has 2 aromatic carbocycles. The Labute approximate surface area is 181 Å². The molecule has 0 atom stereocenters. The number of hydrogen-bond donors (Lipinski definition) is 1. The van der Waals surface area contributed by atoms with Crippen molar-refractivity contribution in [3.63, 3.8) is 0 Å². The van der Waals surface area contributed by atoms with Crippen LogP contribution in [-0.4, -0.2) is 40.1 Å². The van der Waals surface area contributed by atoms with Crippen LogP contribution in [-0.2, 0) is 16.0 Å². The van der Waals surface area contributed by atoms with Crippen molar-refractivity contribution in [2.24, 2.45) is 0 Å². The molecule has 0 spiro atoms. The van der Waals surface area contributed by atoms with Crippen LogP contribution in [0.25, 0.3) is 5.69 Å². The molecule has 6 nitrogen and oxygen atoms in total. The van der Waals surface area contributed by atoms with E-state index < -0.39 is 0 Å². The third-order valence-electron chi connectivity index (χ3n) is 5.39. The molecule has 1 aromatic heterocycles. The van der Waals surface area contributed by atoms with Gasteiger partial charge in [0.15, 0.2) is 0 Å². The third-order valence-corrected chi connectivity index (χ3v) is 5.39. The summed E-state index contributed by atoms with van der Waals surface area (Å²) in [6, 6.07) is 11.8. The Morgan fingerprint density at radius 2 is 1.65 bits per heavy atom. The first-order chi connectivity index (χ1) is 14.7. The van der Waals surface area contributed by atoms with E-state index in [4.69, 9.17) is 0 Å². The Morgan fingerprint density at radius 3 is 2.26 bits per heavy atom. The number of likely N-dealkylation sites (N-methyl/N-ethyl adjacent to an activating group) is 1. The molecule has 1 N–H and O–H groups in total. The Bertz CT molecular complexity index is 1100. The number of anilines is 1. The summed E-state index contributed by atoms with van der Waals surface area (Å²) >= 11 is 0. The summed E-state index contributed by atoms with van der Waals surface area (Å²) in [6.45, 7) is 7.53. The maximum absolute atomic E-state index is 13.2. The Balaban J connectivity index is 1.68. The van der Waals surface area contributed by atoms with Gasteiger partial charge >= 0.3 is 0 Å². The molecule has 0 saturated carbocycles. The van der Waals surface area contributed by atoms with Crippen LogP contribution < -0.4 is 5.32 Å². The SMILES string of the molecule is Cc1cccc(C)c1NC(=O)CN(C)C(=O)Cc1c(C)nn(-c2ccc(F)cc2)c1C. The smallest absolute Gasteiger partial charge is 0.243 e. The second-order valence-corrected chi connectivity index (χ2v) is 7.78. The second-order valence-electron chi connectivity index (χ2n) is 7.78. The number of para-hydroxylation sites is 1. The second kappa shape index (κ2) is 9.12. The highest BCUT2D eigenvalue weighted by molar-refractivity contribution is 5.96. The van der Waals surface area contributed by atoms with Crippen LogP contribution >= 0.6 is 0 Å². The quantitative estimate of drug-likeness (QED) is 0.656. The summed E-state index contributed by atoms with van der Waals surface area (Å²) in [5.41, 5.74) is 5.79. The van der Waals surface area contributed by atoms with Crippen LogP contribution in [0.1, 0.15) is 28.1 Å². The van der Waals surface area contributed by atoms with Gasteiger partial charge in [0.25, 0.3) is 0 Å². The maximum atomic E-state index is 13.2. The number of nitrogens with zero attached hydrogens (tertiary/aromatic N) is 3. The fourth-order valence-corrected chi connectivity index (χ4v) is 3.54. The van der Waals surface area contributed by atoms with Gasteiger partial charge in [0.05, 0.1) is 24.3 Å². The molecule has 0 aliphatic heterocycles. The van der Waals surface area contributed by atoms with Gasteiger partial charge in [-0.2, -0.15) is 5.10 Å². The molecule has 31 heavy (non-hydrogen) atoms. The van der Waals surface area contributed by atoms with Gasteiger partial charge in [0, 0.05) is 24.0 Å². The summed E-state index contributed by atoms with van der Waals surface area (Å²) < 4.78 is 14.9. The predicted octanol–water partition coefficient (Wildman–Crippen LogP) is 3.88. The number of aromatic nitrogens is 2. The van der Waals surface area contributed by atoms with Gasteiger partial charge in [-0.05, 0) is 63.1 Å². The Morgan fingerprint density at radius 1 is 1.03 bits per heavy atom. The van der Waals surface area contributed by atoms with Crippen molar-refractivity contribution in [3.8, 4) is 5.69 Å². The first-order valence-corrected chi connectivity index (χ1v) is 10.1. The number of halogens is 1. The van der Waals surface area contributed by atoms with E-state index in [-0.39, 0.29) is 30.6 Å². The third kappa shape index (κ3) is 4.99. The van der Waals surface area contributed by atoms with Crippen LogP contribution in [0.2, 0.25) is 0 Å². The molecule has 2 amide bonds. The molecule has 162 valence electrons. The minimum Gasteiger partial charge on any atom is -0.336 e. The number of hydrogen-bond acceptors (Lipinski definition) is 3. The summed E-state index contributed by atoms with van der Waals surface area (Å²) in [4.78, 5) is 26.7. The van der Waals surface area contributed by atoms with Crippen LogP contribution in [0, 0.1) is 33.5 Å². The van der Waals surface area contributed by atoms with Gasteiger partial charge in [-0.1, -0.05) is 18.2 Å². The molecule has 0 saturated heterocycles. The summed E-state index contributed by atoms with van der Waals surface area (Å²) in [5.74, 6) is -0.744. The summed E-state index contributed by atoms with van der Waals surface area (Å²) in [5, 5.41) is 7.40. The zero-order valence-corrected chi connectivity index (χ0v) is 18.5. The molecule has 0 unspecified atom stereocenters. The van der Waals surface area contributed by atoms with E-state index in [1.165, 1.54) is 17.0 Å². The lowest BCUT2D eigenvalue weighted by Gasteiger charge is -2.18.